The van der Waals surface area contributed by atoms with Crippen LogP contribution in [0.1, 0.15) is 35.2 Å². The van der Waals surface area contributed by atoms with Crippen LogP contribution in [0.15, 0.2) is 36.5 Å². The van der Waals surface area contributed by atoms with Crippen molar-refractivity contribution in [1.82, 2.24) is 20.1 Å². The molecule has 0 aliphatic carbocycles. The molecule has 1 unspecified atom stereocenters. The Kier molecular flexibility index (Phi) is 5.77. The van der Waals surface area contributed by atoms with E-state index < -0.39 is 0 Å². The van der Waals surface area contributed by atoms with Gasteiger partial charge in [0.2, 0.25) is 0 Å². The third-order valence-corrected chi connectivity index (χ3v) is 7.28. The maximum Gasteiger partial charge on any atom is 0.0572 e. The SMILES string of the molecule is Cc1cccnc1CN(C)C[C@H]1Cc2c(cccc2N2CCN3CCCC3C2)CN1. The summed E-state index contributed by atoms with van der Waals surface area (Å²) in [6.45, 7) is 9.98. The zero-order valence-corrected chi connectivity index (χ0v) is 18.5. The van der Waals surface area contributed by atoms with E-state index in [4.69, 9.17) is 0 Å². The molecule has 1 aromatic heterocycles. The van der Waals surface area contributed by atoms with Crippen molar-refractivity contribution < 1.29 is 0 Å². The van der Waals surface area contributed by atoms with E-state index in [2.05, 4.69) is 63.2 Å². The highest BCUT2D eigenvalue weighted by Crippen LogP contribution is 2.32. The number of pyridine rings is 1. The highest BCUT2D eigenvalue weighted by atomic mass is 15.3. The molecule has 2 fully saturated rings. The van der Waals surface area contributed by atoms with Crippen LogP contribution in [-0.4, -0.2) is 66.6 Å². The lowest BCUT2D eigenvalue weighted by Crippen LogP contribution is -2.51. The molecule has 4 heterocycles. The van der Waals surface area contributed by atoms with E-state index >= 15 is 0 Å². The van der Waals surface area contributed by atoms with Gasteiger partial charge in [0, 0.05) is 63.2 Å². The number of hydrogen-bond donors (Lipinski definition) is 1. The minimum Gasteiger partial charge on any atom is -0.368 e. The van der Waals surface area contributed by atoms with Gasteiger partial charge in [0.25, 0.3) is 0 Å². The fourth-order valence-electron chi connectivity index (χ4n) is 5.61. The predicted molar refractivity (Wildman–Crippen MR) is 123 cm³/mol. The first-order valence-electron chi connectivity index (χ1n) is 11.6. The summed E-state index contributed by atoms with van der Waals surface area (Å²) in [5.74, 6) is 0. The number of hydrogen-bond acceptors (Lipinski definition) is 5. The highest BCUT2D eigenvalue weighted by Gasteiger charge is 2.32. The van der Waals surface area contributed by atoms with Crippen molar-refractivity contribution in [2.24, 2.45) is 0 Å². The highest BCUT2D eigenvalue weighted by molar-refractivity contribution is 5.58. The van der Waals surface area contributed by atoms with Crippen molar-refractivity contribution in [2.45, 2.75) is 51.4 Å². The fourth-order valence-corrected chi connectivity index (χ4v) is 5.61. The van der Waals surface area contributed by atoms with E-state index in [1.807, 2.05) is 12.3 Å². The molecule has 0 saturated carbocycles. The van der Waals surface area contributed by atoms with E-state index in [1.54, 1.807) is 5.56 Å². The van der Waals surface area contributed by atoms with Gasteiger partial charge in [-0.3, -0.25) is 14.8 Å². The first-order valence-corrected chi connectivity index (χ1v) is 11.6. The van der Waals surface area contributed by atoms with E-state index in [0.29, 0.717) is 6.04 Å². The average Bonchev–Trinajstić information content (AvgIpc) is 3.23. The number of aryl methyl sites for hydroxylation is 1. The number of likely N-dealkylation sites (N-methyl/N-ethyl adjacent to an activating group) is 1. The summed E-state index contributed by atoms with van der Waals surface area (Å²) in [6.07, 6.45) is 5.76. The van der Waals surface area contributed by atoms with Gasteiger partial charge in [-0.1, -0.05) is 18.2 Å². The molecule has 30 heavy (non-hydrogen) atoms. The molecule has 1 aromatic carbocycles. The molecule has 5 nitrogen and oxygen atoms in total. The zero-order valence-electron chi connectivity index (χ0n) is 18.5. The number of fused-ring (bicyclic) bond motifs is 2. The van der Waals surface area contributed by atoms with Crippen LogP contribution in [-0.2, 0) is 19.5 Å². The van der Waals surface area contributed by atoms with Crippen LogP contribution in [0, 0.1) is 6.92 Å². The van der Waals surface area contributed by atoms with Crippen LogP contribution in [0.2, 0.25) is 0 Å². The molecule has 3 aliphatic heterocycles. The number of anilines is 1. The molecule has 2 aromatic rings. The minimum absolute atomic E-state index is 0.487. The molecule has 3 aliphatic rings. The lowest BCUT2D eigenvalue weighted by Gasteiger charge is -2.41. The third-order valence-electron chi connectivity index (χ3n) is 7.28. The van der Waals surface area contributed by atoms with Gasteiger partial charge in [0.05, 0.1) is 5.69 Å². The van der Waals surface area contributed by atoms with Crippen LogP contribution in [0.3, 0.4) is 0 Å². The van der Waals surface area contributed by atoms with Gasteiger partial charge in [0.15, 0.2) is 0 Å². The summed E-state index contributed by atoms with van der Waals surface area (Å²) in [5.41, 5.74) is 7.02. The Morgan fingerprint density at radius 1 is 1.17 bits per heavy atom. The number of rotatable bonds is 5. The molecule has 160 valence electrons. The van der Waals surface area contributed by atoms with Crippen LogP contribution in [0.5, 0.6) is 0 Å². The molecule has 0 spiro atoms. The van der Waals surface area contributed by atoms with Crippen LogP contribution < -0.4 is 10.2 Å². The quantitative estimate of drug-likeness (QED) is 0.828. The Morgan fingerprint density at radius 3 is 3.00 bits per heavy atom. The summed E-state index contributed by atoms with van der Waals surface area (Å²) in [6, 6.07) is 12.4. The summed E-state index contributed by atoms with van der Waals surface area (Å²) >= 11 is 0. The van der Waals surface area contributed by atoms with E-state index in [9.17, 15) is 0 Å². The van der Waals surface area contributed by atoms with Gasteiger partial charge < -0.3 is 10.2 Å². The second-order valence-electron chi connectivity index (χ2n) is 9.44. The van der Waals surface area contributed by atoms with Gasteiger partial charge in [-0.2, -0.15) is 0 Å². The third kappa shape index (κ3) is 4.11. The number of aromatic nitrogens is 1. The average molecular weight is 406 g/mol. The van der Waals surface area contributed by atoms with Crippen LogP contribution in [0.25, 0.3) is 0 Å². The van der Waals surface area contributed by atoms with E-state index in [1.165, 1.54) is 61.5 Å². The van der Waals surface area contributed by atoms with Crippen molar-refractivity contribution in [1.29, 1.82) is 0 Å². The van der Waals surface area contributed by atoms with Gasteiger partial charge in [-0.25, -0.2) is 0 Å². The maximum absolute atomic E-state index is 4.58. The molecule has 0 radical (unpaired) electrons. The number of nitrogens with one attached hydrogen (secondary N) is 1. The minimum atomic E-state index is 0.487. The second-order valence-corrected chi connectivity index (χ2v) is 9.44. The molecule has 5 heteroatoms. The second kappa shape index (κ2) is 8.66. The molecular weight excluding hydrogens is 370 g/mol. The van der Waals surface area contributed by atoms with E-state index in [-0.39, 0.29) is 0 Å². The van der Waals surface area contributed by atoms with Crippen molar-refractivity contribution >= 4 is 5.69 Å². The summed E-state index contributed by atoms with van der Waals surface area (Å²) in [5, 5.41) is 3.78. The molecule has 5 rings (SSSR count). The topological polar surface area (TPSA) is 34.6 Å². The molecule has 0 amide bonds. The first-order chi connectivity index (χ1) is 14.7. The van der Waals surface area contributed by atoms with Gasteiger partial charge in [-0.05, 0) is 68.6 Å². The van der Waals surface area contributed by atoms with Crippen molar-refractivity contribution in [3.8, 4) is 0 Å². The van der Waals surface area contributed by atoms with Crippen molar-refractivity contribution in [3.63, 3.8) is 0 Å². The Balaban J connectivity index is 1.27. The lowest BCUT2D eigenvalue weighted by atomic mass is 9.92. The number of nitrogens with zero attached hydrogens (tertiary/aromatic N) is 4. The van der Waals surface area contributed by atoms with Gasteiger partial charge in [0.1, 0.15) is 0 Å². The van der Waals surface area contributed by atoms with E-state index in [0.717, 1.165) is 32.1 Å². The zero-order chi connectivity index (χ0) is 20.5. The van der Waals surface area contributed by atoms with Gasteiger partial charge >= 0.3 is 0 Å². The normalized spacial score (nSPS) is 24.2. The Hall–Kier alpha value is -1.95. The fraction of sp³-hybridized carbons (Fsp3) is 0.560. The van der Waals surface area contributed by atoms with Crippen molar-refractivity contribution in [2.75, 3.05) is 44.7 Å². The molecule has 1 N–H and O–H groups in total. The van der Waals surface area contributed by atoms with Crippen LogP contribution in [0.4, 0.5) is 5.69 Å². The summed E-state index contributed by atoms with van der Waals surface area (Å²) in [4.78, 5) is 12.4. The smallest absolute Gasteiger partial charge is 0.0572 e. The summed E-state index contributed by atoms with van der Waals surface area (Å²) < 4.78 is 0. The maximum atomic E-state index is 4.58. The first kappa shape index (κ1) is 20.0. The lowest BCUT2D eigenvalue weighted by molar-refractivity contribution is 0.230. The largest absolute Gasteiger partial charge is 0.368 e. The van der Waals surface area contributed by atoms with Gasteiger partial charge in [-0.15, -0.1) is 0 Å². The Labute approximate surface area is 181 Å². The Morgan fingerprint density at radius 2 is 2.10 bits per heavy atom. The molecular formula is C25H35N5. The Bertz CT molecular complexity index is 882. The van der Waals surface area contributed by atoms with Crippen LogP contribution >= 0.6 is 0 Å². The molecule has 2 saturated heterocycles. The molecule has 0 bridgehead atoms. The molecule has 2 atom stereocenters. The van der Waals surface area contributed by atoms with Crippen molar-refractivity contribution in [3.05, 3.63) is 58.9 Å². The monoisotopic (exact) mass is 405 g/mol. The predicted octanol–water partition coefficient (Wildman–Crippen LogP) is 2.82. The standard InChI is InChI=1S/C25H35N5/c1-19-6-4-10-26-24(19)18-28(2)16-21-14-23-20(15-27-21)7-3-9-25(23)30-13-12-29-11-5-8-22(29)17-30/h3-4,6-7,9-10,21-22,27H,5,8,11-18H2,1-2H3/t21-,22?/m1/s1. The number of benzene rings is 1. The summed E-state index contributed by atoms with van der Waals surface area (Å²) in [7, 11) is 2.22. The number of piperazine rings is 1.